The summed E-state index contributed by atoms with van der Waals surface area (Å²) in [4.78, 5) is 11.2. The summed E-state index contributed by atoms with van der Waals surface area (Å²) in [5.74, 6) is -1.27. The predicted octanol–water partition coefficient (Wildman–Crippen LogP) is 2.96. The molecule has 0 spiro atoms. The third-order valence-electron chi connectivity index (χ3n) is 12.4. The van der Waals surface area contributed by atoms with Crippen molar-refractivity contribution in [2.45, 2.75) is 132 Å². The molecule has 0 aromatic rings. The van der Waals surface area contributed by atoms with Crippen LogP contribution in [-0.2, 0) is 58.1 Å². The topological polar surface area (TPSA) is 204 Å². The third kappa shape index (κ3) is 20.1. The van der Waals surface area contributed by atoms with Crippen molar-refractivity contribution in [3.63, 3.8) is 0 Å². The number of carbonyl (C=O) groups excluding carboxylic acids is 1. The molecular weight excluding hydrogens is 1520 g/mol. The Morgan fingerprint density at radius 3 is 1.08 bits per heavy atom. The van der Waals surface area contributed by atoms with Gasteiger partial charge in [-0.1, -0.05) is 36.4 Å². The first-order valence-electron chi connectivity index (χ1n) is 20.3. The molecule has 1 atom stereocenters. The molecule has 0 amide bonds. The van der Waals surface area contributed by atoms with Gasteiger partial charge in [0.05, 0.1) is 0 Å². The van der Waals surface area contributed by atoms with E-state index in [1.807, 2.05) is 0 Å². The van der Waals surface area contributed by atoms with Crippen LogP contribution < -0.4 is 58.8 Å². The first-order chi connectivity index (χ1) is 32.1. The van der Waals surface area contributed by atoms with Gasteiger partial charge in [0.25, 0.3) is 6.47 Å². The fourth-order valence-electron chi connectivity index (χ4n) is 10.4. The van der Waals surface area contributed by atoms with E-state index in [1.54, 1.807) is 46.6 Å². The van der Waals surface area contributed by atoms with Crippen LogP contribution in [0.5, 0.6) is 0 Å². The SMILES string of the molecule is C=CC12CC3CC(CC(C3)C1)C2.O=CO[O-].O=S(=O)(F)C(F)(F)C(F)(F)OC(F)(F)C(F)(F)CC(I)C12CC3CC(CC(C3)C1)C2.O=S(=O)(F)C(F)(F)C(F)(F)OC(F)(F)C(F)(F)I.O=S(=O)=S(=O)=O.[I-].[Na+].[Na][Na]. The maximum atomic E-state index is 14.3. The first-order valence-corrected chi connectivity index (χ1v) is 36.1. The van der Waals surface area contributed by atoms with Gasteiger partial charge in [0.15, 0.2) is 0 Å². The molecule has 1 unspecified atom stereocenters. The number of rotatable bonds is 15. The summed E-state index contributed by atoms with van der Waals surface area (Å²) < 4.78 is 304. The Morgan fingerprint density at radius 1 is 0.608 bits per heavy atom. The monoisotopic (exact) mass is 1560 g/mol. The van der Waals surface area contributed by atoms with E-state index in [1.165, 1.54) is 62.9 Å². The van der Waals surface area contributed by atoms with Crippen molar-refractivity contribution in [2.24, 2.45) is 46.3 Å². The van der Waals surface area contributed by atoms with Crippen molar-refractivity contribution in [1.29, 1.82) is 0 Å². The van der Waals surface area contributed by atoms with E-state index in [0.717, 1.165) is 37.0 Å². The second-order valence-electron chi connectivity index (χ2n) is 17.4. The summed E-state index contributed by atoms with van der Waals surface area (Å²) in [5.41, 5.74) is -0.0850. The fourth-order valence-corrected chi connectivity index (χ4v) is 12.5. The van der Waals surface area contributed by atoms with Crippen molar-refractivity contribution in [2.75, 3.05) is 0 Å². The maximum absolute atomic E-state index is 14.3. The van der Waals surface area contributed by atoms with Gasteiger partial charge >= 0.3 is 157 Å². The van der Waals surface area contributed by atoms with Crippen LogP contribution in [-0.4, -0.2) is 132 Å². The van der Waals surface area contributed by atoms with E-state index in [4.69, 9.17) is 26.9 Å². The molecular formula is C33H37F18I3Na3O13S4-. The number of carbonyl (C=O) groups is 1. The average molecular weight is 1560 g/mol. The van der Waals surface area contributed by atoms with Gasteiger partial charge in [0.1, 0.15) is 0 Å². The minimum absolute atomic E-state index is 0. The van der Waals surface area contributed by atoms with Gasteiger partial charge in [-0.25, -0.2) is 9.47 Å². The molecule has 8 aliphatic carbocycles. The molecule has 0 N–H and O–H groups in total. The summed E-state index contributed by atoms with van der Waals surface area (Å²) >= 11 is 4.03. The van der Waals surface area contributed by atoms with E-state index in [0.29, 0.717) is 24.7 Å². The van der Waals surface area contributed by atoms with Crippen molar-refractivity contribution in [1.82, 2.24) is 0 Å². The number of alkyl halides is 18. The summed E-state index contributed by atoms with van der Waals surface area (Å²) in [6.07, 6.45) is -11.7. The molecule has 0 radical (unpaired) electrons. The Balaban J connectivity index is 0. The van der Waals surface area contributed by atoms with Crippen LogP contribution in [0.4, 0.5) is 78.0 Å². The standard InChI is InChI=1S/C16H18F9IO3S.C12H18.C4F9IO3S.CH2O3.HI.3Na.O4S2/c17-13(18,14(19,20)29-15(21,22)16(23,24)30(25,27)28)7-11(26)12-4-8-1-9(5-12)3-10(2-8)6-12;1-2-12-6-9-3-10(7-12)5-11(4-9)8-12;5-1(6,14)2(7,8)17-3(9,10)4(11,12)18(13,15)16;2-1-4-3;;;;;1-5(2)6(3)4/h8-11H,1-7H2;2,9-11H,1,3-8H2;;1,3H;1H;;;;/q;;;;;;;+1;/p-2. The average Bonchev–Trinajstić information content (AvgIpc) is 3.19. The fraction of sp³-hybridized carbons (Fsp3) is 0.909. The zero-order valence-corrected chi connectivity index (χ0v) is 53.7. The first kappa shape index (κ1) is 78.6. The van der Waals surface area contributed by atoms with Gasteiger partial charge in [0.2, 0.25) is 0 Å². The van der Waals surface area contributed by atoms with Gasteiger partial charge in [0, 0.05) is 32.9 Å². The number of hydrogen-bond acceptors (Lipinski definition) is 13. The van der Waals surface area contributed by atoms with E-state index in [9.17, 15) is 94.9 Å². The second kappa shape index (κ2) is 29.4. The second-order valence-corrected chi connectivity index (χ2v) is 25.5. The number of ether oxygens (including phenoxy) is 2. The van der Waals surface area contributed by atoms with E-state index < -0.39 is 122 Å². The summed E-state index contributed by atoms with van der Waals surface area (Å²) in [7, 11) is -20.7. The Hall–Kier alpha value is 2.56. The number of allylic oxidation sites excluding steroid dienone is 1. The van der Waals surface area contributed by atoms with Crippen LogP contribution in [0.15, 0.2) is 12.7 Å². The van der Waals surface area contributed by atoms with Crippen LogP contribution in [0.25, 0.3) is 0 Å². The van der Waals surface area contributed by atoms with Crippen LogP contribution in [0, 0.1) is 46.3 Å². The van der Waals surface area contributed by atoms with E-state index in [-0.39, 0.29) is 77.8 Å². The quantitative estimate of drug-likeness (QED) is 0.0267. The van der Waals surface area contributed by atoms with Crippen molar-refractivity contribution in [3.05, 3.63) is 12.7 Å². The molecule has 8 saturated carbocycles. The molecule has 13 nitrogen and oxygen atoms in total. The van der Waals surface area contributed by atoms with Crippen LogP contribution in [0.3, 0.4) is 0 Å². The number of hydrogen-bond donors (Lipinski definition) is 0. The zero-order valence-electron chi connectivity index (χ0n) is 38.0. The molecule has 41 heteroatoms. The molecule has 0 aliphatic heterocycles. The molecule has 0 heterocycles. The van der Waals surface area contributed by atoms with Gasteiger partial charge < -0.3 is 34.1 Å². The van der Waals surface area contributed by atoms with Gasteiger partial charge in [-0.05, 0) is 123 Å². The van der Waals surface area contributed by atoms with Crippen LogP contribution in [0.1, 0.15) is 83.5 Å². The summed E-state index contributed by atoms with van der Waals surface area (Å²) in [5, 5.41) is -5.10. The third-order valence-corrected chi connectivity index (χ3v) is 17.4. The summed E-state index contributed by atoms with van der Waals surface area (Å²) in [6, 6.07) is 0. The Labute approximate surface area is 508 Å². The predicted molar refractivity (Wildman–Crippen MR) is 226 cm³/mol. The normalized spacial score (nSPS) is 27.6. The molecule has 0 saturated heterocycles. The number of halogens is 21. The van der Waals surface area contributed by atoms with Crippen LogP contribution >= 0.6 is 45.2 Å². The molecule has 8 bridgehead atoms. The Bertz CT molecular complexity index is 2260. The van der Waals surface area contributed by atoms with E-state index in [2.05, 4.69) is 22.3 Å². The van der Waals surface area contributed by atoms with Gasteiger partial charge in [-0.2, -0.15) is 104 Å². The van der Waals surface area contributed by atoms with Crippen molar-refractivity contribution >= 4 is 134 Å². The van der Waals surface area contributed by atoms with Gasteiger partial charge in [-0.15, -0.1) is 6.58 Å². The Morgan fingerprint density at radius 2 is 0.865 bits per heavy atom. The van der Waals surface area contributed by atoms with Crippen LogP contribution in [0.2, 0.25) is 0 Å². The Kier molecular flexibility index (Phi) is 31.2. The van der Waals surface area contributed by atoms with Crippen molar-refractivity contribution in [3.8, 4) is 0 Å². The van der Waals surface area contributed by atoms with Crippen molar-refractivity contribution < 1.29 is 190 Å². The minimum atomic E-state index is -7.42. The molecule has 8 fully saturated rings. The van der Waals surface area contributed by atoms with Gasteiger partial charge in [-0.3, -0.25) is 4.79 Å². The molecule has 0 aromatic carbocycles. The molecule has 8 aliphatic rings. The molecule has 8 rings (SSSR count). The molecule has 0 aromatic heterocycles. The zero-order chi connectivity index (χ0) is 56.9. The molecule has 74 heavy (non-hydrogen) atoms. The van der Waals surface area contributed by atoms with E-state index >= 15 is 0 Å². The molecule has 422 valence electrons. The summed E-state index contributed by atoms with van der Waals surface area (Å²) in [6.45, 7) is 3.87.